The molecule has 6 rings (SSSR count). The normalized spacial score (nSPS) is 9.81. The largest absolute Gasteiger partial charge is 0.394 e. The standard InChI is InChI=1S/2C12H12.C10H10.C8H10.C6H8.2CH4.2Y/c1-9-7-11-5-3-4-6-12(11)8-10(9)2;1-9-7-8-11-5-3-4-6-12(11)10(9)2;1-3-9(2)10-7-5-4-6-8-10;1-7-5-3-4-6-8(7)2;1-4-6(3)5-2;;;;/h2*3-8H,1-2H3;4-7H,1-2H3;3-6H,1-2H3;1,4H,2-3H3;2*1H4;;/q;;-2;;-2;;;;. The molecule has 0 fully saturated rings. The zero-order valence-electron chi connectivity index (χ0n) is 31.9. The van der Waals surface area contributed by atoms with Gasteiger partial charge >= 0.3 is 0 Å². The van der Waals surface area contributed by atoms with Crippen molar-refractivity contribution in [1.82, 2.24) is 0 Å². The minimum Gasteiger partial charge on any atom is -0.394 e. The molecule has 0 spiro atoms. The summed E-state index contributed by atoms with van der Waals surface area (Å²) < 4.78 is 0. The number of hydrogen-bond acceptors (Lipinski definition) is 0. The van der Waals surface area contributed by atoms with Gasteiger partial charge in [0.15, 0.2) is 0 Å². The molecule has 0 amide bonds. The van der Waals surface area contributed by atoms with Gasteiger partial charge in [0.1, 0.15) is 0 Å². The molecule has 0 aliphatic rings. The van der Waals surface area contributed by atoms with Crippen molar-refractivity contribution < 1.29 is 65.4 Å². The monoisotopic (exact) mass is 838 g/mol. The van der Waals surface area contributed by atoms with E-state index in [4.69, 9.17) is 6.58 Å². The van der Waals surface area contributed by atoms with Gasteiger partial charge in [-0.3, -0.25) is 0 Å². The number of aryl methyl sites for hydroxylation is 6. The van der Waals surface area contributed by atoms with Crippen LogP contribution in [0.3, 0.4) is 0 Å². The van der Waals surface area contributed by atoms with E-state index in [1.54, 1.807) is 0 Å². The Kier molecular flexibility index (Phi) is 30.6. The van der Waals surface area contributed by atoms with Gasteiger partial charge in [-0.2, -0.15) is 12.1 Å². The van der Waals surface area contributed by atoms with Crippen LogP contribution in [0.25, 0.3) is 27.1 Å². The van der Waals surface area contributed by atoms with Crippen LogP contribution in [0.15, 0.2) is 133 Å². The van der Waals surface area contributed by atoms with E-state index in [1.807, 2.05) is 52.0 Å². The summed E-state index contributed by atoms with van der Waals surface area (Å²) in [4.78, 5) is 0. The maximum Gasteiger partial charge on any atom is 0 e. The Morgan fingerprint density at radius 3 is 1.40 bits per heavy atom. The SMILES string of the molecule is C.C.C[C-]=C(C)c1[c-]cccc1.Cc1cc2ccccc2cc1C.Cc1ccc2ccccc2c1C.Cc1ccccc1C.[CH-]=CC(C)=[C-]C.[Y].[Y]. The molecule has 0 heterocycles. The summed E-state index contributed by atoms with van der Waals surface area (Å²) in [6, 6.07) is 45.2. The van der Waals surface area contributed by atoms with Crippen molar-refractivity contribution >= 4 is 27.1 Å². The van der Waals surface area contributed by atoms with E-state index in [2.05, 4.69) is 157 Å². The van der Waals surface area contributed by atoms with Crippen molar-refractivity contribution in [3.63, 3.8) is 0 Å². The molecule has 0 aromatic heterocycles. The van der Waals surface area contributed by atoms with E-state index in [1.165, 1.54) is 61.0 Å². The summed E-state index contributed by atoms with van der Waals surface area (Å²) in [6.45, 7) is 25.6. The van der Waals surface area contributed by atoms with Crippen LogP contribution in [0.4, 0.5) is 0 Å². The number of allylic oxidation sites excluding steroid dienone is 5. The Bertz CT molecular complexity index is 1860. The van der Waals surface area contributed by atoms with Crippen molar-refractivity contribution in [2.75, 3.05) is 0 Å². The third-order valence-electron chi connectivity index (χ3n) is 8.39. The van der Waals surface area contributed by atoms with E-state index >= 15 is 0 Å². The van der Waals surface area contributed by atoms with E-state index in [-0.39, 0.29) is 80.3 Å². The Hall–Kier alpha value is -2.73. The van der Waals surface area contributed by atoms with E-state index < -0.39 is 0 Å². The van der Waals surface area contributed by atoms with Crippen LogP contribution >= 0.6 is 0 Å². The van der Waals surface area contributed by atoms with Crippen molar-refractivity contribution in [2.24, 2.45) is 0 Å². The smallest absolute Gasteiger partial charge is 0 e. The van der Waals surface area contributed by atoms with Gasteiger partial charge in [-0.05, 0) is 96.5 Å². The molecule has 0 atom stereocenters. The number of benzene rings is 6. The molecule has 0 nitrogen and oxygen atoms in total. The number of fused-ring (bicyclic) bond motifs is 2. The van der Waals surface area contributed by atoms with Crippen molar-refractivity contribution in [3.05, 3.63) is 197 Å². The average Bonchev–Trinajstić information content (AvgIpc) is 3.12. The second kappa shape index (κ2) is 29.7. The molecular formula is C50H60Y2-4. The van der Waals surface area contributed by atoms with E-state index in [0.29, 0.717) is 0 Å². The second-order valence-electron chi connectivity index (χ2n) is 11.8. The van der Waals surface area contributed by atoms with Crippen LogP contribution in [0.1, 0.15) is 81.5 Å². The van der Waals surface area contributed by atoms with Crippen LogP contribution < -0.4 is 0 Å². The van der Waals surface area contributed by atoms with Crippen LogP contribution in [-0.4, -0.2) is 0 Å². The molecule has 0 aliphatic heterocycles. The molecule has 270 valence electrons. The quantitative estimate of drug-likeness (QED) is 0.120. The number of hydrogen-bond donors (Lipinski definition) is 0. The second-order valence-corrected chi connectivity index (χ2v) is 11.8. The molecule has 2 radical (unpaired) electrons. The first kappa shape index (κ1) is 53.6. The Balaban J connectivity index is -0.000000578. The summed E-state index contributed by atoms with van der Waals surface area (Å²) >= 11 is 0. The molecule has 0 bridgehead atoms. The molecular weight excluding hydrogens is 778 g/mol. The molecule has 2 heteroatoms. The molecule has 6 aromatic carbocycles. The maximum atomic E-state index is 5.06. The first-order valence-corrected chi connectivity index (χ1v) is 16.5. The molecule has 6 aromatic rings. The minimum atomic E-state index is 0. The Morgan fingerprint density at radius 1 is 0.538 bits per heavy atom. The maximum absolute atomic E-state index is 5.06. The molecule has 0 aliphatic carbocycles. The van der Waals surface area contributed by atoms with Crippen LogP contribution in [-0.2, 0) is 65.4 Å². The van der Waals surface area contributed by atoms with Crippen molar-refractivity contribution in [2.45, 2.75) is 84.1 Å². The van der Waals surface area contributed by atoms with Crippen LogP contribution in [0.2, 0.25) is 0 Å². The molecule has 0 unspecified atom stereocenters. The van der Waals surface area contributed by atoms with E-state index in [9.17, 15) is 0 Å². The summed E-state index contributed by atoms with van der Waals surface area (Å²) in [5.41, 5.74) is 11.5. The third-order valence-corrected chi connectivity index (χ3v) is 8.39. The van der Waals surface area contributed by atoms with Gasteiger partial charge in [-0.15, -0.1) is 33.8 Å². The zero-order chi connectivity index (χ0) is 35.5. The van der Waals surface area contributed by atoms with Gasteiger partial charge in [0.05, 0.1) is 0 Å². The minimum absolute atomic E-state index is 0. The Labute approximate surface area is 369 Å². The third kappa shape index (κ3) is 18.8. The summed E-state index contributed by atoms with van der Waals surface area (Å²) in [6.07, 6.45) is 7.45. The first-order valence-electron chi connectivity index (χ1n) is 16.5. The van der Waals surface area contributed by atoms with Gasteiger partial charge in [0, 0.05) is 65.4 Å². The summed E-state index contributed by atoms with van der Waals surface area (Å²) in [5.74, 6) is 0. The van der Waals surface area contributed by atoms with Crippen molar-refractivity contribution in [3.8, 4) is 0 Å². The topological polar surface area (TPSA) is 0 Å². The molecule has 0 N–H and O–H groups in total. The van der Waals surface area contributed by atoms with Gasteiger partial charge in [0.25, 0.3) is 0 Å². The molecule has 52 heavy (non-hydrogen) atoms. The summed E-state index contributed by atoms with van der Waals surface area (Å²) in [5, 5.41) is 5.37. The zero-order valence-corrected chi connectivity index (χ0v) is 37.5. The predicted molar refractivity (Wildman–Crippen MR) is 226 cm³/mol. The van der Waals surface area contributed by atoms with Crippen molar-refractivity contribution in [1.29, 1.82) is 0 Å². The Morgan fingerprint density at radius 2 is 1.00 bits per heavy atom. The fraction of sp³-hybridized carbons (Fsp3) is 0.240. The first-order chi connectivity index (χ1) is 23.0. The van der Waals surface area contributed by atoms with Gasteiger partial charge in [0.2, 0.25) is 0 Å². The van der Waals surface area contributed by atoms with Crippen LogP contribution in [0.5, 0.6) is 0 Å². The fourth-order valence-electron chi connectivity index (χ4n) is 4.51. The summed E-state index contributed by atoms with van der Waals surface area (Å²) in [7, 11) is 0. The predicted octanol–water partition coefficient (Wildman–Crippen LogP) is 14.9. The average molecular weight is 839 g/mol. The van der Waals surface area contributed by atoms with Gasteiger partial charge < -0.3 is 41.5 Å². The number of rotatable bonds is 2. The van der Waals surface area contributed by atoms with Crippen LogP contribution in [0, 0.1) is 66.3 Å². The van der Waals surface area contributed by atoms with Gasteiger partial charge in [-0.1, -0.05) is 112 Å². The van der Waals surface area contributed by atoms with E-state index in [0.717, 1.165) is 16.7 Å². The van der Waals surface area contributed by atoms with Gasteiger partial charge in [-0.25, -0.2) is 12.1 Å². The molecule has 0 saturated heterocycles. The fourth-order valence-corrected chi connectivity index (χ4v) is 4.51. The molecule has 0 saturated carbocycles.